The summed E-state index contributed by atoms with van der Waals surface area (Å²) in [5.41, 5.74) is 0.727. The van der Waals surface area contributed by atoms with E-state index in [1.54, 1.807) is 0 Å². The molecule has 0 spiro atoms. The monoisotopic (exact) mass is 270 g/mol. The Morgan fingerprint density at radius 2 is 1.74 bits per heavy atom. The first-order valence-corrected chi connectivity index (χ1v) is 7.80. The quantitative estimate of drug-likeness (QED) is 0.661. The minimum absolute atomic E-state index is 0.208. The molecule has 0 N–H and O–H groups in total. The summed E-state index contributed by atoms with van der Waals surface area (Å²) in [7, 11) is 0. The molecule has 19 heavy (non-hydrogen) atoms. The van der Waals surface area contributed by atoms with E-state index in [1.165, 1.54) is 19.3 Å². The predicted molar refractivity (Wildman–Crippen MR) is 76.0 cm³/mol. The van der Waals surface area contributed by atoms with Crippen LogP contribution in [0.1, 0.15) is 53.9 Å². The minimum Gasteiger partial charge on any atom is -0.372 e. The van der Waals surface area contributed by atoms with Gasteiger partial charge in [-0.2, -0.15) is 0 Å². The Hall–Kier alpha value is -0.120. The van der Waals surface area contributed by atoms with Gasteiger partial charge in [-0.05, 0) is 49.9 Å². The third kappa shape index (κ3) is 2.57. The van der Waals surface area contributed by atoms with E-state index in [1.807, 2.05) is 13.8 Å². The van der Waals surface area contributed by atoms with Crippen LogP contribution >= 0.6 is 0 Å². The second kappa shape index (κ2) is 5.71. The second-order valence-corrected chi connectivity index (χ2v) is 6.77. The van der Waals surface area contributed by atoms with Crippen molar-refractivity contribution in [2.24, 2.45) is 16.7 Å². The zero-order chi connectivity index (χ0) is 14.1. The van der Waals surface area contributed by atoms with Gasteiger partial charge in [0.05, 0.1) is 12.7 Å². The van der Waals surface area contributed by atoms with Crippen LogP contribution in [0.2, 0.25) is 0 Å². The van der Waals surface area contributed by atoms with Gasteiger partial charge in [0.1, 0.15) is 0 Å². The van der Waals surface area contributed by atoms with Crippen molar-refractivity contribution in [1.29, 1.82) is 0 Å². The number of ether oxygens (including phenoxy) is 3. The average Bonchev–Trinajstić information content (AvgIpc) is 2.69. The van der Waals surface area contributed by atoms with Gasteiger partial charge in [-0.1, -0.05) is 20.8 Å². The van der Waals surface area contributed by atoms with Crippen LogP contribution in [0.5, 0.6) is 0 Å². The number of hydrogen-bond acceptors (Lipinski definition) is 3. The summed E-state index contributed by atoms with van der Waals surface area (Å²) in [5, 5.41) is 0. The molecule has 2 bridgehead atoms. The molecule has 0 radical (unpaired) electrons. The standard InChI is InChI=1S/C16H30O3/c1-6-17-14(18-7-2)11-19-13-10-12-8-9-16(13,5)15(12,3)4/h12-14H,6-11H2,1-5H3. The van der Waals surface area contributed by atoms with Crippen LogP contribution in [0.4, 0.5) is 0 Å². The normalized spacial score (nSPS) is 36.3. The Kier molecular flexibility index (Phi) is 4.59. The van der Waals surface area contributed by atoms with E-state index in [0.717, 1.165) is 5.92 Å². The Labute approximate surface area is 118 Å². The summed E-state index contributed by atoms with van der Waals surface area (Å²) in [4.78, 5) is 0. The van der Waals surface area contributed by atoms with E-state index in [4.69, 9.17) is 14.2 Å². The SMILES string of the molecule is CCOC(COC1CC2CCC1(C)C2(C)C)OCC. The van der Waals surface area contributed by atoms with Crippen molar-refractivity contribution < 1.29 is 14.2 Å². The van der Waals surface area contributed by atoms with Gasteiger partial charge >= 0.3 is 0 Å². The molecule has 0 aromatic carbocycles. The topological polar surface area (TPSA) is 27.7 Å². The first kappa shape index (κ1) is 15.3. The van der Waals surface area contributed by atoms with E-state index in [0.29, 0.717) is 36.8 Å². The van der Waals surface area contributed by atoms with E-state index in [9.17, 15) is 0 Å². The average molecular weight is 270 g/mol. The van der Waals surface area contributed by atoms with Gasteiger partial charge in [-0.25, -0.2) is 0 Å². The lowest BCUT2D eigenvalue weighted by Crippen LogP contribution is -2.39. The molecule has 3 heteroatoms. The van der Waals surface area contributed by atoms with Crippen LogP contribution in [-0.4, -0.2) is 32.2 Å². The molecule has 3 nitrogen and oxygen atoms in total. The van der Waals surface area contributed by atoms with Crippen LogP contribution in [0.15, 0.2) is 0 Å². The van der Waals surface area contributed by atoms with Crippen LogP contribution < -0.4 is 0 Å². The fourth-order valence-corrected chi connectivity index (χ4v) is 4.09. The third-order valence-electron chi connectivity index (χ3n) is 5.85. The molecule has 0 aromatic heterocycles. The maximum atomic E-state index is 6.19. The van der Waals surface area contributed by atoms with Gasteiger partial charge in [0, 0.05) is 13.2 Å². The number of rotatable bonds is 7. The van der Waals surface area contributed by atoms with Crippen LogP contribution in [-0.2, 0) is 14.2 Å². The molecular formula is C16H30O3. The summed E-state index contributed by atoms with van der Waals surface area (Å²) >= 11 is 0. The Morgan fingerprint density at radius 1 is 1.11 bits per heavy atom. The fourth-order valence-electron chi connectivity index (χ4n) is 4.09. The first-order valence-electron chi connectivity index (χ1n) is 7.80. The highest BCUT2D eigenvalue weighted by atomic mass is 16.7. The fraction of sp³-hybridized carbons (Fsp3) is 1.00. The zero-order valence-electron chi connectivity index (χ0n) is 13.2. The summed E-state index contributed by atoms with van der Waals surface area (Å²) < 4.78 is 17.3. The van der Waals surface area contributed by atoms with Gasteiger partial charge < -0.3 is 14.2 Å². The summed E-state index contributed by atoms with van der Waals surface area (Å²) in [5.74, 6) is 0.820. The van der Waals surface area contributed by atoms with Crippen molar-refractivity contribution in [2.75, 3.05) is 19.8 Å². The molecule has 2 fully saturated rings. The van der Waals surface area contributed by atoms with Gasteiger partial charge in [0.25, 0.3) is 0 Å². The Balaban J connectivity index is 1.90. The van der Waals surface area contributed by atoms with Crippen molar-refractivity contribution in [3.05, 3.63) is 0 Å². The van der Waals surface area contributed by atoms with Crippen LogP contribution in [0.25, 0.3) is 0 Å². The molecule has 3 atom stereocenters. The highest BCUT2D eigenvalue weighted by Gasteiger charge is 2.61. The molecule has 2 aliphatic rings. The van der Waals surface area contributed by atoms with Gasteiger partial charge in [-0.3, -0.25) is 0 Å². The molecule has 2 saturated carbocycles. The first-order chi connectivity index (χ1) is 8.95. The number of fused-ring (bicyclic) bond motifs is 2. The smallest absolute Gasteiger partial charge is 0.180 e. The van der Waals surface area contributed by atoms with Crippen LogP contribution in [0.3, 0.4) is 0 Å². The van der Waals surface area contributed by atoms with Crippen molar-refractivity contribution in [3.8, 4) is 0 Å². The third-order valence-corrected chi connectivity index (χ3v) is 5.85. The van der Waals surface area contributed by atoms with Gasteiger partial charge in [0.15, 0.2) is 6.29 Å². The van der Waals surface area contributed by atoms with E-state index < -0.39 is 0 Å². The largest absolute Gasteiger partial charge is 0.372 e. The molecule has 3 unspecified atom stereocenters. The maximum absolute atomic E-state index is 6.19. The van der Waals surface area contributed by atoms with Crippen molar-refractivity contribution >= 4 is 0 Å². The van der Waals surface area contributed by atoms with E-state index in [2.05, 4.69) is 20.8 Å². The lowest BCUT2D eigenvalue weighted by molar-refractivity contribution is -0.187. The lowest BCUT2D eigenvalue weighted by atomic mass is 9.70. The van der Waals surface area contributed by atoms with Crippen molar-refractivity contribution in [1.82, 2.24) is 0 Å². The molecule has 0 amide bonds. The molecular weight excluding hydrogens is 240 g/mol. The molecule has 112 valence electrons. The molecule has 0 aromatic rings. The molecule has 0 saturated heterocycles. The maximum Gasteiger partial charge on any atom is 0.180 e. The van der Waals surface area contributed by atoms with E-state index in [-0.39, 0.29) is 6.29 Å². The minimum atomic E-state index is -0.208. The second-order valence-electron chi connectivity index (χ2n) is 6.77. The molecule has 0 aliphatic heterocycles. The van der Waals surface area contributed by atoms with E-state index >= 15 is 0 Å². The predicted octanol–water partition coefficient (Wildman–Crippen LogP) is 3.62. The summed E-state index contributed by atoms with van der Waals surface area (Å²) in [6, 6.07) is 0. The Morgan fingerprint density at radius 3 is 2.16 bits per heavy atom. The van der Waals surface area contributed by atoms with Gasteiger partial charge in [-0.15, -0.1) is 0 Å². The highest BCUT2D eigenvalue weighted by molar-refractivity contribution is 5.11. The highest BCUT2D eigenvalue weighted by Crippen LogP contribution is 2.66. The molecule has 0 heterocycles. The van der Waals surface area contributed by atoms with Crippen molar-refractivity contribution in [3.63, 3.8) is 0 Å². The van der Waals surface area contributed by atoms with Crippen molar-refractivity contribution in [2.45, 2.75) is 66.3 Å². The lowest BCUT2D eigenvalue weighted by Gasteiger charge is -2.39. The Bertz CT molecular complexity index is 296. The summed E-state index contributed by atoms with van der Waals surface area (Å²) in [6.07, 6.45) is 4.02. The van der Waals surface area contributed by atoms with Crippen LogP contribution in [0, 0.1) is 16.7 Å². The molecule has 2 rings (SSSR count). The zero-order valence-corrected chi connectivity index (χ0v) is 13.2. The summed E-state index contributed by atoms with van der Waals surface area (Å²) in [6.45, 7) is 13.1. The number of hydrogen-bond donors (Lipinski definition) is 0. The molecule has 2 aliphatic carbocycles. The van der Waals surface area contributed by atoms with Gasteiger partial charge in [0.2, 0.25) is 0 Å².